The van der Waals surface area contributed by atoms with Crippen molar-refractivity contribution in [1.29, 1.82) is 0 Å². The van der Waals surface area contributed by atoms with Gasteiger partial charge in [-0.15, -0.1) is 0 Å². The highest BCUT2D eigenvalue weighted by Crippen LogP contribution is 2.22. The molecule has 0 aliphatic heterocycles. The number of aromatic amines is 1. The zero-order chi connectivity index (χ0) is 21.8. The molecule has 1 aromatic carbocycles. The molecule has 156 valence electrons. The SMILES string of the molecule is Cc1cc(C)c(CNC(=O)c2cc(Cl)nc(-c3ccc(CN(C)C)cc3)c2)c(=O)[nH]1. The minimum atomic E-state index is -0.316. The molecule has 1 amide bonds. The molecule has 30 heavy (non-hydrogen) atoms. The highest BCUT2D eigenvalue weighted by molar-refractivity contribution is 6.30. The molecule has 2 aromatic heterocycles. The molecular formula is C23H25ClN4O2. The Morgan fingerprint density at radius 1 is 1.13 bits per heavy atom. The number of benzene rings is 1. The maximum atomic E-state index is 12.7. The number of nitrogens with zero attached hydrogens (tertiary/aromatic N) is 2. The predicted octanol–water partition coefficient (Wildman–Crippen LogP) is 3.70. The third-order valence-corrected chi connectivity index (χ3v) is 4.92. The lowest BCUT2D eigenvalue weighted by atomic mass is 10.1. The molecular weight excluding hydrogens is 400 g/mol. The summed E-state index contributed by atoms with van der Waals surface area (Å²) in [6.45, 7) is 4.65. The van der Waals surface area contributed by atoms with Crippen LogP contribution >= 0.6 is 11.6 Å². The average molecular weight is 425 g/mol. The number of halogens is 1. The lowest BCUT2D eigenvalue weighted by molar-refractivity contribution is 0.0950. The van der Waals surface area contributed by atoms with Crippen molar-refractivity contribution in [3.05, 3.63) is 85.9 Å². The van der Waals surface area contributed by atoms with Crippen LogP contribution in [0.25, 0.3) is 11.3 Å². The van der Waals surface area contributed by atoms with Gasteiger partial charge >= 0.3 is 0 Å². The molecule has 3 rings (SSSR count). The Labute approximate surface area is 180 Å². The van der Waals surface area contributed by atoms with Gasteiger partial charge in [-0.1, -0.05) is 35.9 Å². The van der Waals surface area contributed by atoms with E-state index in [-0.39, 0.29) is 23.2 Å². The summed E-state index contributed by atoms with van der Waals surface area (Å²) in [4.78, 5) is 34.1. The fourth-order valence-electron chi connectivity index (χ4n) is 3.29. The van der Waals surface area contributed by atoms with Crippen molar-refractivity contribution in [3.63, 3.8) is 0 Å². The number of hydrogen-bond donors (Lipinski definition) is 2. The number of carbonyl (C=O) groups excluding carboxylic acids is 1. The molecule has 0 aliphatic rings. The van der Waals surface area contributed by atoms with Crippen LogP contribution in [0.1, 0.15) is 32.7 Å². The Balaban J connectivity index is 1.79. The van der Waals surface area contributed by atoms with Gasteiger partial charge in [-0.05, 0) is 57.3 Å². The Morgan fingerprint density at radius 2 is 1.83 bits per heavy atom. The van der Waals surface area contributed by atoms with Crippen LogP contribution in [0, 0.1) is 13.8 Å². The minimum absolute atomic E-state index is 0.134. The van der Waals surface area contributed by atoms with Crippen LogP contribution < -0.4 is 10.9 Å². The average Bonchev–Trinajstić information content (AvgIpc) is 2.66. The standard InChI is InChI=1S/C23H25ClN4O2/c1-14-9-15(2)26-23(30)19(14)12-25-22(29)18-10-20(27-21(24)11-18)17-7-5-16(6-8-17)13-28(3)4/h5-11H,12-13H2,1-4H3,(H,25,29)(H,26,30). The van der Waals surface area contributed by atoms with E-state index >= 15 is 0 Å². The van der Waals surface area contributed by atoms with E-state index in [0.29, 0.717) is 16.8 Å². The van der Waals surface area contributed by atoms with Crippen LogP contribution in [0.4, 0.5) is 0 Å². The largest absolute Gasteiger partial charge is 0.348 e. The van der Waals surface area contributed by atoms with Gasteiger partial charge in [0.15, 0.2) is 0 Å². The zero-order valence-electron chi connectivity index (χ0n) is 17.5. The first-order chi connectivity index (χ1) is 14.2. The van der Waals surface area contributed by atoms with E-state index in [4.69, 9.17) is 11.6 Å². The van der Waals surface area contributed by atoms with Gasteiger partial charge in [0.2, 0.25) is 0 Å². The first-order valence-electron chi connectivity index (χ1n) is 9.62. The summed E-state index contributed by atoms with van der Waals surface area (Å²) in [5.41, 5.74) is 5.03. The zero-order valence-corrected chi connectivity index (χ0v) is 18.3. The monoisotopic (exact) mass is 424 g/mol. The summed E-state index contributed by atoms with van der Waals surface area (Å²) in [6.07, 6.45) is 0. The van der Waals surface area contributed by atoms with Gasteiger partial charge < -0.3 is 15.2 Å². The third-order valence-electron chi connectivity index (χ3n) is 4.72. The molecule has 0 saturated carbocycles. The van der Waals surface area contributed by atoms with E-state index in [2.05, 4.69) is 20.2 Å². The summed E-state index contributed by atoms with van der Waals surface area (Å²) in [5, 5.41) is 3.04. The Hall–Kier alpha value is -2.96. The first-order valence-corrected chi connectivity index (χ1v) is 10.00. The maximum absolute atomic E-state index is 12.7. The molecule has 0 saturated heterocycles. The Morgan fingerprint density at radius 3 is 2.47 bits per heavy atom. The number of aromatic nitrogens is 2. The molecule has 3 aromatic rings. The number of aryl methyl sites for hydroxylation is 2. The molecule has 2 N–H and O–H groups in total. The number of rotatable bonds is 6. The van der Waals surface area contributed by atoms with Crippen molar-refractivity contribution in [3.8, 4) is 11.3 Å². The van der Waals surface area contributed by atoms with Crippen LogP contribution in [0.5, 0.6) is 0 Å². The number of pyridine rings is 2. The quantitative estimate of drug-likeness (QED) is 0.591. The van der Waals surface area contributed by atoms with Gasteiger partial charge in [-0.2, -0.15) is 0 Å². The second-order valence-corrected chi connectivity index (χ2v) is 8.01. The number of hydrogen-bond acceptors (Lipinski definition) is 4. The van der Waals surface area contributed by atoms with E-state index in [1.807, 2.05) is 58.3 Å². The van der Waals surface area contributed by atoms with Gasteiger partial charge in [0.05, 0.1) is 5.69 Å². The number of nitrogens with one attached hydrogen (secondary N) is 2. The summed E-state index contributed by atoms with van der Waals surface area (Å²) >= 11 is 6.18. The maximum Gasteiger partial charge on any atom is 0.253 e. The molecule has 0 unspecified atom stereocenters. The van der Waals surface area contributed by atoms with Gasteiger partial charge in [0.1, 0.15) is 5.15 Å². The van der Waals surface area contributed by atoms with Gasteiger partial charge in [0, 0.05) is 35.5 Å². The van der Waals surface area contributed by atoms with Crippen molar-refractivity contribution in [2.45, 2.75) is 26.9 Å². The lowest BCUT2D eigenvalue weighted by Gasteiger charge is -2.11. The van der Waals surface area contributed by atoms with Crippen molar-refractivity contribution in [1.82, 2.24) is 20.2 Å². The molecule has 7 heteroatoms. The van der Waals surface area contributed by atoms with Crippen molar-refractivity contribution in [2.75, 3.05) is 14.1 Å². The van der Waals surface area contributed by atoms with Crippen LogP contribution in [-0.2, 0) is 13.1 Å². The molecule has 0 bridgehead atoms. The van der Waals surface area contributed by atoms with Gasteiger partial charge in [0.25, 0.3) is 11.5 Å². The molecule has 0 atom stereocenters. The minimum Gasteiger partial charge on any atom is -0.348 e. The number of amides is 1. The first kappa shape index (κ1) is 21.7. The predicted molar refractivity (Wildman–Crippen MR) is 120 cm³/mol. The summed E-state index contributed by atoms with van der Waals surface area (Å²) in [6, 6.07) is 13.1. The Bertz CT molecular complexity index is 1120. The number of H-pyrrole nitrogens is 1. The summed E-state index contributed by atoms with van der Waals surface area (Å²) in [5.74, 6) is -0.316. The van der Waals surface area contributed by atoms with Crippen molar-refractivity contribution >= 4 is 17.5 Å². The van der Waals surface area contributed by atoms with Crippen molar-refractivity contribution in [2.24, 2.45) is 0 Å². The van der Waals surface area contributed by atoms with Gasteiger partial charge in [-0.25, -0.2) is 4.98 Å². The van der Waals surface area contributed by atoms with E-state index in [0.717, 1.165) is 23.4 Å². The smallest absolute Gasteiger partial charge is 0.253 e. The van der Waals surface area contributed by atoms with E-state index < -0.39 is 0 Å². The van der Waals surface area contributed by atoms with Gasteiger partial charge in [-0.3, -0.25) is 9.59 Å². The summed E-state index contributed by atoms with van der Waals surface area (Å²) in [7, 11) is 4.03. The molecule has 0 aliphatic carbocycles. The molecule has 6 nitrogen and oxygen atoms in total. The van der Waals surface area contributed by atoms with Crippen molar-refractivity contribution < 1.29 is 4.79 Å². The van der Waals surface area contributed by atoms with Crippen LogP contribution in [0.15, 0.2) is 47.3 Å². The molecule has 0 spiro atoms. The fourth-order valence-corrected chi connectivity index (χ4v) is 3.50. The molecule has 0 fully saturated rings. The topological polar surface area (TPSA) is 78.1 Å². The second-order valence-electron chi connectivity index (χ2n) is 7.62. The second kappa shape index (κ2) is 9.24. The van der Waals surface area contributed by atoms with Crippen LogP contribution in [0.3, 0.4) is 0 Å². The van der Waals surface area contributed by atoms with E-state index in [9.17, 15) is 9.59 Å². The lowest BCUT2D eigenvalue weighted by Crippen LogP contribution is -2.28. The molecule has 2 heterocycles. The Kier molecular flexibility index (Phi) is 6.70. The van der Waals surface area contributed by atoms with Crippen LogP contribution in [-0.4, -0.2) is 34.9 Å². The van der Waals surface area contributed by atoms with E-state index in [1.165, 1.54) is 11.6 Å². The fraction of sp³-hybridized carbons (Fsp3) is 0.261. The summed E-state index contributed by atoms with van der Waals surface area (Å²) < 4.78 is 0. The van der Waals surface area contributed by atoms with E-state index in [1.54, 1.807) is 6.07 Å². The number of carbonyl (C=O) groups is 1. The van der Waals surface area contributed by atoms with Crippen LogP contribution in [0.2, 0.25) is 5.15 Å². The highest BCUT2D eigenvalue weighted by atomic mass is 35.5. The third kappa shape index (κ3) is 5.34. The molecule has 0 radical (unpaired) electrons. The highest BCUT2D eigenvalue weighted by Gasteiger charge is 2.13. The normalized spacial score (nSPS) is 11.0.